The van der Waals surface area contributed by atoms with Gasteiger partial charge in [-0.1, -0.05) is 29.4 Å². The molecule has 0 fully saturated rings. The predicted molar refractivity (Wildman–Crippen MR) is 94.8 cm³/mol. The van der Waals surface area contributed by atoms with E-state index in [4.69, 9.17) is 9.26 Å². The third-order valence-corrected chi connectivity index (χ3v) is 4.60. The molecule has 28 heavy (non-hydrogen) atoms. The molecule has 4 aromatic rings. The lowest BCUT2D eigenvalue weighted by Crippen LogP contribution is -2.21. The van der Waals surface area contributed by atoms with Crippen molar-refractivity contribution >= 4 is 0 Å². The monoisotopic (exact) mass is 380 g/mol. The van der Waals surface area contributed by atoms with Crippen molar-refractivity contribution in [2.24, 2.45) is 0 Å². The normalized spacial score (nSPS) is 16.1. The predicted octanol–water partition coefficient (Wildman–Crippen LogP) is 4.15. The van der Waals surface area contributed by atoms with Crippen molar-refractivity contribution < 1.29 is 18.0 Å². The Morgan fingerprint density at radius 2 is 1.86 bits per heavy atom. The SMILES string of the molecule is Fc1ccc(C2Cn3nc(-c4nc(-c5cccc(F)c5)no4)cc3CO2)cc1. The zero-order valence-corrected chi connectivity index (χ0v) is 14.5. The molecule has 1 aliphatic rings. The summed E-state index contributed by atoms with van der Waals surface area (Å²) in [6.07, 6.45) is -0.216. The van der Waals surface area contributed by atoms with Gasteiger partial charge in [-0.2, -0.15) is 10.1 Å². The highest BCUT2D eigenvalue weighted by Gasteiger charge is 2.24. The van der Waals surface area contributed by atoms with E-state index in [1.54, 1.807) is 24.3 Å². The molecule has 2 aromatic heterocycles. The van der Waals surface area contributed by atoms with E-state index in [1.807, 2.05) is 10.7 Å². The molecule has 5 rings (SSSR count). The Bertz CT molecular complexity index is 1140. The van der Waals surface area contributed by atoms with Crippen molar-refractivity contribution in [3.63, 3.8) is 0 Å². The average molecular weight is 380 g/mol. The Kier molecular flexibility index (Phi) is 3.98. The molecular formula is C20H14F2N4O2. The van der Waals surface area contributed by atoms with Crippen LogP contribution in [0.2, 0.25) is 0 Å². The fourth-order valence-electron chi connectivity index (χ4n) is 3.18. The maximum atomic E-state index is 13.4. The number of hydrogen-bond donors (Lipinski definition) is 0. The van der Waals surface area contributed by atoms with Crippen molar-refractivity contribution in [3.8, 4) is 23.0 Å². The van der Waals surface area contributed by atoms with Crippen LogP contribution < -0.4 is 0 Å². The molecule has 0 spiro atoms. The zero-order chi connectivity index (χ0) is 19.1. The fourth-order valence-corrected chi connectivity index (χ4v) is 3.18. The lowest BCUT2D eigenvalue weighted by molar-refractivity contribution is -0.00116. The molecule has 0 aliphatic carbocycles. The first-order chi connectivity index (χ1) is 13.7. The summed E-state index contributed by atoms with van der Waals surface area (Å²) in [5, 5.41) is 8.44. The van der Waals surface area contributed by atoms with E-state index < -0.39 is 0 Å². The van der Waals surface area contributed by atoms with Crippen LogP contribution >= 0.6 is 0 Å². The summed E-state index contributed by atoms with van der Waals surface area (Å²) in [7, 11) is 0. The van der Waals surface area contributed by atoms with Crippen LogP contribution in [0.15, 0.2) is 59.1 Å². The van der Waals surface area contributed by atoms with E-state index in [1.165, 1.54) is 24.3 Å². The summed E-state index contributed by atoms with van der Waals surface area (Å²) < 4.78 is 39.5. The van der Waals surface area contributed by atoms with E-state index in [2.05, 4.69) is 15.2 Å². The molecule has 0 saturated carbocycles. The van der Waals surface area contributed by atoms with Crippen LogP contribution in [0.25, 0.3) is 23.0 Å². The van der Waals surface area contributed by atoms with E-state index in [9.17, 15) is 8.78 Å². The van der Waals surface area contributed by atoms with Gasteiger partial charge in [-0.15, -0.1) is 0 Å². The van der Waals surface area contributed by atoms with E-state index in [0.29, 0.717) is 30.2 Å². The van der Waals surface area contributed by atoms with Gasteiger partial charge in [-0.05, 0) is 35.9 Å². The van der Waals surface area contributed by atoms with Crippen LogP contribution in [0.1, 0.15) is 17.4 Å². The van der Waals surface area contributed by atoms with Gasteiger partial charge in [0, 0.05) is 5.56 Å². The molecule has 140 valence electrons. The topological polar surface area (TPSA) is 66.0 Å². The van der Waals surface area contributed by atoms with E-state index >= 15 is 0 Å². The highest BCUT2D eigenvalue weighted by atomic mass is 19.1. The molecule has 2 aromatic carbocycles. The van der Waals surface area contributed by atoms with Gasteiger partial charge in [0.2, 0.25) is 5.82 Å². The highest BCUT2D eigenvalue weighted by Crippen LogP contribution is 2.29. The summed E-state index contributed by atoms with van der Waals surface area (Å²) in [5.41, 5.74) is 2.81. The van der Waals surface area contributed by atoms with Gasteiger partial charge in [-0.3, -0.25) is 4.68 Å². The second-order valence-corrected chi connectivity index (χ2v) is 6.49. The Labute approximate surface area is 158 Å². The molecule has 0 radical (unpaired) electrons. The highest BCUT2D eigenvalue weighted by molar-refractivity contribution is 5.57. The van der Waals surface area contributed by atoms with Crippen molar-refractivity contribution in [2.45, 2.75) is 19.3 Å². The van der Waals surface area contributed by atoms with Crippen LogP contribution in [-0.2, 0) is 17.9 Å². The Balaban J connectivity index is 1.40. The van der Waals surface area contributed by atoms with Gasteiger partial charge >= 0.3 is 0 Å². The quantitative estimate of drug-likeness (QED) is 0.534. The average Bonchev–Trinajstić information content (AvgIpc) is 3.35. The van der Waals surface area contributed by atoms with E-state index in [-0.39, 0.29) is 23.6 Å². The van der Waals surface area contributed by atoms with Crippen LogP contribution in [0.3, 0.4) is 0 Å². The van der Waals surface area contributed by atoms with Crippen LogP contribution in [0, 0.1) is 11.6 Å². The molecule has 1 unspecified atom stereocenters. The molecule has 0 saturated heterocycles. The summed E-state index contributed by atoms with van der Waals surface area (Å²) in [6.45, 7) is 0.853. The van der Waals surface area contributed by atoms with Crippen molar-refractivity contribution in [3.05, 3.63) is 77.5 Å². The minimum absolute atomic E-state index is 0.216. The van der Waals surface area contributed by atoms with Crippen LogP contribution in [0.4, 0.5) is 8.78 Å². The first-order valence-corrected chi connectivity index (χ1v) is 8.69. The number of benzene rings is 2. The maximum absolute atomic E-state index is 13.4. The standard InChI is InChI=1S/C20H14F2N4O2/c21-14-6-4-12(5-7-14)18-10-26-16(11-27-18)9-17(24-26)20-23-19(25-28-20)13-2-1-3-15(22)8-13/h1-9,18H,10-11H2. The van der Waals surface area contributed by atoms with Crippen LogP contribution in [-0.4, -0.2) is 19.9 Å². The van der Waals surface area contributed by atoms with Gasteiger partial charge in [0.15, 0.2) is 5.69 Å². The van der Waals surface area contributed by atoms with Gasteiger partial charge in [0.1, 0.15) is 17.7 Å². The van der Waals surface area contributed by atoms with Crippen molar-refractivity contribution in [1.82, 2.24) is 19.9 Å². The van der Waals surface area contributed by atoms with Crippen molar-refractivity contribution in [1.29, 1.82) is 0 Å². The largest absolute Gasteiger partial charge is 0.365 e. The summed E-state index contributed by atoms with van der Waals surface area (Å²) in [6, 6.07) is 14.0. The molecule has 1 aliphatic heterocycles. The lowest BCUT2D eigenvalue weighted by Gasteiger charge is -2.24. The summed E-state index contributed by atoms with van der Waals surface area (Å²) in [4.78, 5) is 4.32. The van der Waals surface area contributed by atoms with Gasteiger partial charge in [-0.25, -0.2) is 8.78 Å². The number of rotatable bonds is 3. The first-order valence-electron chi connectivity index (χ1n) is 8.69. The third-order valence-electron chi connectivity index (χ3n) is 4.60. The van der Waals surface area contributed by atoms with Gasteiger partial charge in [0.25, 0.3) is 5.89 Å². The minimum Gasteiger partial charge on any atom is -0.365 e. The Morgan fingerprint density at radius 1 is 1.00 bits per heavy atom. The first kappa shape index (κ1) is 16.8. The fraction of sp³-hybridized carbons (Fsp3) is 0.150. The smallest absolute Gasteiger partial charge is 0.278 e. The number of fused-ring (bicyclic) bond motifs is 1. The van der Waals surface area contributed by atoms with Crippen molar-refractivity contribution in [2.75, 3.05) is 0 Å². The molecule has 0 amide bonds. The van der Waals surface area contributed by atoms with Gasteiger partial charge in [0.05, 0.1) is 18.8 Å². The molecule has 6 nitrogen and oxygen atoms in total. The summed E-state index contributed by atoms with van der Waals surface area (Å²) >= 11 is 0. The minimum atomic E-state index is -0.370. The molecule has 0 N–H and O–H groups in total. The third kappa shape index (κ3) is 3.07. The second-order valence-electron chi connectivity index (χ2n) is 6.49. The number of nitrogens with zero attached hydrogens (tertiary/aromatic N) is 4. The van der Waals surface area contributed by atoms with E-state index in [0.717, 1.165) is 11.3 Å². The Morgan fingerprint density at radius 3 is 2.68 bits per heavy atom. The van der Waals surface area contributed by atoms with Gasteiger partial charge < -0.3 is 9.26 Å². The number of ether oxygens (including phenoxy) is 1. The molecule has 1 atom stereocenters. The number of halogens is 2. The maximum Gasteiger partial charge on any atom is 0.278 e. The molecule has 0 bridgehead atoms. The number of hydrogen-bond acceptors (Lipinski definition) is 5. The molecule has 8 heteroatoms. The number of aromatic nitrogens is 4. The second kappa shape index (κ2) is 6.65. The lowest BCUT2D eigenvalue weighted by atomic mass is 10.1. The summed E-state index contributed by atoms with van der Waals surface area (Å²) in [5.74, 6) is -0.113. The van der Waals surface area contributed by atoms with Crippen LogP contribution in [0.5, 0.6) is 0 Å². The molecule has 3 heterocycles. The zero-order valence-electron chi connectivity index (χ0n) is 14.5. The molecular weight excluding hydrogens is 366 g/mol. The Hall–Kier alpha value is -3.39.